The van der Waals surface area contributed by atoms with E-state index in [0.29, 0.717) is 34.0 Å². The molecule has 0 saturated carbocycles. The molecule has 0 bridgehead atoms. The zero-order valence-electron chi connectivity index (χ0n) is 18.9. The van der Waals surface area contributed by atoms with Crippen molar-refractivity contribution in [3.8, 4) is 22.9 Å². The number of nitrogens with one attached hydrogen (secondary N) is 1. The number of pyridine rings is 2. The summed E-state index contributed by atoms with van der Waals surface area (Å²) in [7, 11) is 0. The quantitative estimate of drug-likeness (QED) is 0.306. The molecule has 0 amide bonds. The third-order valence-corrected chi connectivity index (χ3v) is 6.79. The van der Waals surface area contributed by atoms with Gasteiger partial charge in [0.25, 0.3) is 5.56 Å². The monoisotopic (exact) mass is 467 g/mol. The van der Waals surface area contributed by atoms with Gasteiger partial charge in [0, 0.05) is 22.7 Å². The van der Waals surface area contributed by atoms with Gasteiger partial charge in [0.1, 0.15) is 18.1 Å². The molecule has 2 aromatic heterocycles. The Morgan fingerprint density at radius 3 is 2.71 bits per heavy atom. The second-order valence-corrected chi connectivity index (χ2v) is 8.71. The maximum atomic E-state index is 13.5. The molecule has 0 fully saturated rings. The molecule has 0 unspecified atom stereocenters. The predicted molar refractivity (Wildman–Crippen MR) is 129 cm³/mol. The summed E-state index contributed by atoms with van der Waals surface area (Å²) in [4.78, 5) is 30.8. The fourth-order valence-electron chi connectivity index (χ4n) is 4.87. The van der Waals surface area contributed by atoms with E-state index in [4.69, 9.17) is 19.9 Å². The van der Waals surface area contributed by atoms with Crippen LogP contribution in [-0.2, 0) is 28.3 Å². The number of nitrogens with zero attached hydrogens (tertiary/aromatic N) is 2. The second-order valence-electron chi connectivity index (χ2n) is 8.71. The highest BCUT2D eigenvalue weighted by Gasteiger charge is 2.45. The molecule has 0 spiro atoms. The number of para-hydroxylation sites is 1. The topological polar surface area (TPSA) is 115 Å². The van der Waals surface area contributed by atoms with Crippen LogP contribution >= 0.6 is 0 Å². The third-order valence-electron chi connectivity index (χ3n) is 6.79. The fourth-order valence-corrected chi connectivity index (χ4v) is 4.87. The minimum absolute atomic E-state index is 0.0779. The van der Waals surface area contributed by atoms with Gasteiger partial charge in [-0.25, -0.2) is 9.78 Å². The lowest BCUT2D eigenvalue weighted by Gasteiger charge is -2.31. The van der Waals surface area contributed by atoms with Gasteiger partial charge in [-0.05, 0) is 42.3 Å². The zero-order valence-corrected chi connectivity index (χ0v) is 18.9. The molecule has 4 aromatic rings. The van der Waals surface area contributed by atoms with Gasteiger partial charge in [0.05, 0.1) is 29.0 Å². The summed E-state index contributed by atoms with van der Waals surface area (Å²) in [5.41, 5.74) is 1.46. The summed E-state index contributed by atoms with van der Waals surface area (Å²) in [5.74, 6) is 0.428. The highest BCUT2D eigenvalue weighted by Crippen LogP contribution is 2.44. The van der Waals surface area contributed by atoms with Crippen LogP contribution in [0.25, 0.3) is 22.3 Å². The van der Waals surface area contributed by atoms with Crippen LogP contribution in [0, 0.1) is 5.41 Å². The SMILES string of the molecule is CC[C@@]1(O)C(=O)OCc2c1cc1n(c2=O)Cc2c-1nc1ccc(C=N)cc1c2Oc1ccccc1. The molecule has 8 heteroatoms. The second kappa shape index (κ2) is 7.61. The maximum absolute atomic E-state index is 13.5. The number of carbonyl (C=O) groups is 1. The average Bonchev–Trinajstić information content (AvgIpc) is 3.25. The van der Waals surface area contributed by atoms with Gasteiger partial charge in [-0.3, -0.25) is 4.79 Å². The number of rotatable bonds is 4. The van der Waals surface area contributed by atoms with Crippen molar-refractivity contribution in [2.45, 2.75) is 32.1 Å². The van der Waals surface area contributed by atoms with Crippen molar-refractivity contribution in [1.82, 2.24) is 9.55 Å². The number of cyclic esters (lactones) is 1. The molecule has 6 rings (SSSR count). The first-order chi connectivity index (χ1) is 16.9. The molecule has 1 atom stereocenters. The van der Waals surface area contributed by atoms with Gasteiger partial charge in [0.2, 0.25) is 0 Å². The average molecular weight is 467 g/mol. The standard InChI is InChI=1S/C27H21N3O5/c1-2-27(33)20-11-22-23-18(13-30(22)25(31)19(20)14-34-26(27)32)24(35-16-6-4-3-5-7-16)17-10-15(12-28)8-9-21(17)29-23/h3-12,28,33H,2,13-14H2,1H3/t27-/m0/s1. The van der Waals surface area contributed by atoms with Crippen LogP contribution in [-0.4, -0.2) is 26.8 Å². The molecular formula is C27H21N3O5. The number of aliphatic hydroxyl groups is 1. The first-order valence-electron chi connectivity index (χ1n) is 11.3. The van der Waals surface area contributed by atoms with Crippen molar-refractivity contribution in [1.29, 1.82) is 5.41 Å². The zero-order chi connectivity index (χ0) is 24.3. The van der Waals surface area contributed by atoms with E-state index in [1.165, 1.54) is 6.21 Å². The van der Waals surface area contributed by atoms with Crippen molar-refractivity contribution in [2.75, 3.05) is 0 Å². The van der Waals surface area contributed by atoms with E-state index in [1.807, 2.05) is 42.5 Å². The number of esters is 1. The van der Waals surface area contributed by atoms with E-state index < -0.39 is 11.6 Å². The summed E-state index contributed by atoms with van der Waals surface area (Å²) < 4.78 is 13.1. The van der Waals surface area contributed by atoms with E-state index in [2.05, 4.69) is 0 Å². The fraction of sp³-hybridized carbons (Fsp3) is 0.185. The lowest BCUT2D eigenvalue weighted by molar-refractivity contribution is -0.172. The molecule has 174 valence electrons. The number of fused-ring (bicyclic) bond motifs is 5. The van der Waals surface area contributed by atoms with Crippen LogP contribution in [0.4, 0.5) is 0 Å². The van der Waals surface area contributed by atoms with Gasteiger partial charge in [-0.15, -0.1) is 0 Å². The van der Waals surface area contributed by atoms with Gasteiger partial charge in [-0.1, -0.05) is 31.2 Å². The number of carbonyl (C=O) groups excluding carboxylic acids is 1. The molecule has 8 nitrogen and oxygen atoms in total. The molecule has 0 saturated heterocycles. The third kappa shape index (κ3) is 3.03. The summed E-state index contributed by atoms with van der Waals surface area (Å²) in [6, 6.07) is 16.5. The maximum Gasteiger partial charge on any atom is 0.343 e. The molecule has 2 aliphatic heterocycles. The Bertz CT molecular complexity index is 1610. The Hall–Kier alpha value is -4.30. The minimum Gasteiger partial charge on any atom is -0.458 e. The van der Waals surface area contributed by atoms with E-state index in [0.717, 1.165) is 10.9 Å². The van der Waals surface area contributed by atoms with Gasteiger partial charge in [0.15, 0.2) is 5.60 Å². The molecule has 4 heterocycles. The number of ether oxygens (including phenoxy) is 2. The van der Waals surface area contributed by atoms with Crippen molar-refractivity contribution in [2.24, 2.45) is 0 Å². The van der Waals surface area contributed by atoms with Gasteiger partial charge < -0.3 is 24.6 Å². The van der Waals surface area contributed by atoms with Crippen molar-refractivity contribution >= 4 is 23.1 Å². The highest BCUT2D eigenvalue weighted by molar-refractivity contribution is 5.95. The molecule has 35 heavy (non-hydrogen) atoms. The Labute approximate surface area is 199 Å². The molecule has 2 aliphatic rings. The lowest BCUT2D eigenvalue weighted by Crippen LogP contribution is -2.44. The number of benzene rings is 2. The van der Waals surface area contributed by atoms with E-state index in [-0.39, 0.29) is 36.3 Å². The Morgan fingerprint density at radius 1 is 1.17 bits per heavy atom. The van der Waals surface area contributed by atoms with Crippen LogP contribution in [0.2, 0.25) is 0 Å². The van der Waals surface area contributed by atoms with Gasteiger partial charge in [-0.2, -0.15) is 0 Å². The van der Waals surface area contributed by atoms with Crippen molar-refractivity contribution in [3.05, 3.63) is 87.2 Å². The molecule has 0 radical (unpaired) electrons. The van der Waals surface area contributed by atoms with Crippen LogP contribution in [0.15, 0.2) is 59.4 Å². The first kappa shape index (κ1) is 21.2. The van der Waals surface area contributed by atoms with Crippen molar-refractivity contribution < 1.29 is 19.4 Å². The normalized spacial score (nSPS) is 17.9. The van der Waals surface area contributed by atoms with Gasteiger partial charge >= 0.3 is 5.97 Å². The van der Waals surface area contributed by atoms with Crippen LogP contribution < -0.4 is 10.3 Å². The van der Waals surface area contributed by atoms with Crippen molar-refractivity contribution in [3.63, 3.8) is 0 Å². The number of aromatic nitrogens is 2. The molecule has 2 aromatic carbocycles. The summed E-state index contributed by atoms with van der Waals surface area (Å²) >= 11 is 0. The molecule has 2 N–H and O–H groups in total. The summed E-state index contributed by atoms with van der Waals surface area (Å²) in [5, 5.41) is 19.5. The summed E-state index contributed by atoms with van der Waals surface area (Å²) in [6.45, 7) is 1.71. The van der Waals surface area contributed by atoms with Crippen LogP contribution in [0.1, 0.15) is 35.6 Å². The summed E-state index contributed by atoms with van der Waals surface area (Å²) in [6.07, 6.45) is 1.34. The largest absolute Gasteiger partial charge is 0.458 e. The Morgan fingerprint density at radius 2 is 1.97 bits per heavy atom. The Kier molecular flexibility index (Phi) is 4.62. The predicted octanol–water partition coefficient (Wildman–Crippen LogP) is 3.87. The highest BCUT2D eigenvalue weighted by atomic mass is 16.6. The molecule has 0 aliphatic carbocycles. The molecular weight excluding hydrogens is 446 g/mol. The number of hydrogen-bond acceptors (Lipinski definition) is 7. The van der Waals surface area contributed by atoms with Crippen LogP contribution in [0.5, 0.6) is 11.5 Å². The smallest absolute Gasteiger partial charge is 0.343 e. The Balaban J connectivity index is 1.63. The first-order valence-corrected chi connectivity index (χ1v) is 11.3. The minimum atomic E-state index is -1.88. The van der Waals surface area contributed by atoms with E-state index in [1.54, 1.807) is 23.6 Å². The van der Waals surface area contributed by atoms with Crippen LogP contribution in [0.3, 0.4) is 0 Å². The lowest BCUT2D eigenvalue weighted by atomic mass is 9.86. The van der Waals surface area contributed by atoms with E-state index in [9.17, 15) is 14.7 Å². The number of hydrogen-bond donors (Lipinski definition) is 2. The van der Waals surface area contributed by atoms with E-state index >= 15 is 0 Å².